The number of benzene rings is 2. The maximum atomic E-state index is 13.2. The Morgan fingerprint density at radius 2 is 1.84 bits per heavy atom. The van der Waals surface area contributed by atoms with E-state index in [1.807, 2.05) is 41.8 Å². The van der Waals surface area contributed by atoms with Crippen molar-refractivity contribution in [1.29, 1.82) is 0 Å². The molecule has 0 aliphatic rings. The number of halogens is 1. The SMILES string of the molecule is Cc1nnc(S[C@@H](C[N+](=O)[O-])c2ccc(F)cc2)n1-c1ccccc1. The molecular formula is C17H15FN4O2S. The van der Waals surface area contributed by atoms with Crippen LogP contribution in [0.5, 0.6) is 0 Å². The molecule has 0 bridgehead atoms. The number of rotatable bonds is 6. The number of hydrogen-bond acceptors (Lipinski definition) is 5. The molecule has 0 amide bonds. The zero-order valence-corrected chi connectivity index (χ0v) is 14.2. The largest absolute Gasteiger partial charge is 0.274 e. The zero-order valence-electron chi connectivity index (χ0n) is 13.4. The maximum Gasteiger partial charge on any atom is 0.220 e. The van der Waals surface area contributed by atoms with Gasteiger partial charge in [-0.25, -0.2) is 4.39 Å². The quantitative estimate of drug-likeness (QED) is 0.380. The van der Waals surface area contributed by atoms with E-state index < -0.39 is 5.25 Å². The Morgan fingerprint density at radius 3 is 2.48 bits per heavy atom. The number of thioether (sulfide) groups is 1. The summed E-state index contributed by atoms with van der Waals surface area (Å²) < 4.78 is 15.0. The molecule has 0 aliphatic heterocycles. The van der Waals surface area contributed by atoms with Gasteiger partial charge in [0.05, 0.1) is 0 Å². The molecule has 3 aromatic rings. The van der Waals surface area contributed by atoms with Crippen molar-refractivity contribution < 1.29 is 9.31 Å². The van der Waals surface area contributed by atoms with Crippen LogP contribution in [0.25, 0.3) is 5.69 Å². The molecule has 3 rings (SSSR count). The predicted molar refractivity (Wildman–Crippen MR) is 93.0 cm³/mol. The number of aromatic nitrogens is 3. The van der Waals surface area contributed by atoms with Gasteiger partial charge < -0.3 is 0 Å². The fourth-order valence-corrected chi connectivity index (χ4v) is 3.62. The normalized spacial score (nSPS) is 12.1. The summed E-state index contributed by atoms with van der Waals surface area (Å²) in [5, 5.41) is 19.4. The van der Waals surface area contributed by atoms with Crippen LogP contribution in [0.15, 0.2) is 59.8 Å². The van der Waals surface area contributed by atoms with E-state index in [1.54, 1.807) is 12.1 Å². The summed E-state index contributed by atoms with van der Waals surface area (Å²) in [4.78, 5) is 10.7. The number of para-hydroxylation sites is 1. The number of nitrogens with zero attached hydrogens (tertiary/aromatic N) is 4. The van der Waals surface area contributed by atoms with Crippen LogP contribution < -0.4 is 0 Å². The second kappa shape index (κ2) is 7.43. The molecule has 25 heavy (non-hydrogen) atoms. The summed E-state index contributed by atoms with van der Waals surface area (Å²) in [7, 11) is 0. The van der Waals surface area contributed by atoms with Gasteiger partial charge in [0.25, 0.3) is 0 Å². The van der Waals surface area contributed by atoms with Crippen molar-refractivity contribution in [3.63, 3.8) is 0 Å². The van der Waals surface area contributed by atoms with Crippen molar-refractivity contribution in [1.82, 2.24) is 14.8 Å². The van der Waals surface area contributed by atoms with Gasteiger partial charge in [0.2, 0.25) is 6.54 Å². The molecule has 128 valence electrons. The van der Waals surface area contributed by atoms with Gasteiger partial charge >= 0.3 is 0 Å². The smallest absolute Gasteiger partial charge is 0.220 e. The molecule has 0 saturated carbocycles. The minimum atomic E-state index is -0.498. The van der Waals surface area contributed by atoms with Crippen molar-refractivity contribution in [2.24, 2.45) is 0 Å². The van der Waals surface area contributed by atoms with E-state index in [2.05, 4.69) is 10.2 Å². The Kier molecular flexibility index (Phi) is 5.08. The van der Waals surface area contributed by atoms with Crippen LogP contribution in [0, 0.1) is 22.9 Å². The third-order valence-electron chi connectivity index (χ3n) is 3.61. The molecule has 1 atom stereocenters. The Balaban J connectivity index is 1.95. The van der Waals surface area contributed by atoms with Crippen LogP contribution in [0.2, 0.25) is 0 Å². The summed E-state index contributed by atoms with van der Waals surface area (Å²) >= 11 is 1.24. The second-order valence-electron chi connectivity index (χ2n) is 5.37. The first-order valence-corrected chi connectivity index (χ1v) is 8.44. The monoisotopic (exact) mass is 358 g/mol. The molecule has 0 aliphatic carbocycles. The molecule has 8 heteroatoms. The molecule has 0 spiro atoms. The highest BCUT2D eigenvalue weighted by molar-refractivity contribution is 7.99. The standard InChI is InChI=1S/C17H15FN4O2S/c1-12-19-20-17(22(12)15-5-3-2-4-6-15)25-16(11-21(23)24)13-7-9-14(18)10-8-13/h2-10,16H,11H2,1H3/t16-/m0/s1. The molecular weight excluding hydrogens is 343 g/mol. The van der Waals surface area contributed by atoms with E-state index in [-0.39, 0.29) is 17.3 Å². The lowest BCUT2D eigenvalue weighted by atomic mass is 10.1. The predicted octanol–water partition coefficient (Wildman–Crippen LogP) is 3.82. The summed E-state index contributed by atoms with van der Waals surface area (Å²) in [6.07, 6.45) is 0. The highest BCUT2D eigenvalue weighted by Crippen LogP contribution is 2.35. The zero-order chi connectivity index (χ0) is 17.8. The first-order valence-electron chi connectivity index (χ1n) is 7.56. The van der Waals surface area contributed by atoms with Crippen LogP contribution in [-0.2, 0) is 0 Å². The lowest BCUT2D eigenvalue weighted by Crippen LogP contribution is -2.11. The highest BCUT2D eigenvalue weighted by atomic mass is 32.2. The molecule has 0 unspecified atom stereocenters. The van der Waals surface area contributed by atoms with Crippen molar-refractivity contribution in [2.75, 3.05) is 6.54 Å². The van der Waals surface area contributed by atoms with Gasteiger partial charge in [-0.05, 0) is 36.8 Å². The van der Waals surface area contributed by atoms with Crippen molar-refractivity contribution in [3.8, 4) is 5.69 Å². The highest BCUT2D eigenvalue weighted by Gasteiger charge is 2.23. The fraction of sp³-hybridized carbons (Fsp3) is 0.176. The van der Waals surface area contributed by atoms with Gasteiger partial charge in [-0.15, -0.1) is 10.2 Å². The van der Waals surface area contributed by atoms with Gasteiger partial charge in [0.15, 0.2) is 5.16 Å². The summed E-state index contributed by atoms with van der Waals surface area (Å²) in [5.41, 5.74) is 1.55. The molecule has 2 aromatic carbocycles. The average Bonchev–Trinajstić information content (AvgIpc) is 2.96. The Morgan fingerprint density at radius 1 is 1.16 bits per heavy atom. The first-order chi connectivity index (χ1) is 12.0. The summed E-state index contributed by atoms with van der Waals surface area (Å²) in [6, 6.07) is 15.3. The van der Waals surface area contributed by atoms with Crippen molar-refractivity contribution in [3.05, 3.63) is 81.9 Å². The molecule has 1 aromatic heterocycles. The molecule has 0 fully saturated rings. The lowest BCUT2D eigenvalue weighted by Gasteiger charge is -2.14. The van der Waals surface area contributed by atoms with Gasteiger partial charge in [-0.2, -0.15) is 0 Å². The molecule has 0 saturated heterocycles. The summed E-state index contributed by atoms with van der Waals surface area (Å²) in [5.74, 6) is 0.310. The minimum Gasteiger partial charge on any atom is -0.274 e. The third-order valence-corrected chi connectivity index (χ3v) is 4.79. The fourth-order valence-electron chi connectivity index (χ4n) is 2.44. The van der Waals surface area contributed by atoms with Crippen LogP contribution in [0.1, 0.15) is 16.6 Å². The van der Waals surface area contributed by atoms with Gasteiger partial charge in [-0.3, -0.25) is 14.7 Å². The van der Waals surface area contributed by atoms with Gasteiger partial charge in [0.1, 0.15) is 16.9 Å². The Labute approximate surface area is 147 Å². The van der Waals surface area contributed by atoms with E-state index in [0.29, 0.717) is 16.5 Å². The van der Waals surface area contributed by atoms with Gasteiger partial charge in [0, 0.05) is 10.6 Å². The topological polar surface area (TPSA) is 73.8 Å². The second-order valence-corrected chi connectivity index (χ2v) is 6.54. The third kappa shape index (κ3) is 4.03. The maximum absolute atomic E-state index is 13.2. The van der Waals surface area contributed by atoms with E-state index >= 15 is 0 Å². The van der Waals surface area contributed by atoms with Gasteiger partial charge in [-0.1, -0.05) is 42.1 Å². The van der Waals surface area contributed by atoms with E-state index in [9.17, 15) is 14.5 Å². The van der Waals surface area contributed by atoms with Crippen LogP contribution in [0.4, 0.5) is 4.39 Å². The van der Waals surface area contributed by atoms with E-state index in [0.717, 1.165) is 5.69 Å². The van der Waals surface area contributed by atoms with Crippen LogP contribution in [-0.4, -0.2) is 26.2 Å². The first kappa shape index (κ1) is 17.1. The van der Waals surface area contributed by atoms with E-state index in [4.69, 9.17) is 0 Å². The molecule has 0 radical (unpaired) electrons. The summed E-state index contributed by atoms with van der Waals surface area (Å²) in [6.45, 7) is 1.53. The Hall–Kier alpha value is -2.74. The lowest BCUT2D eigenvalue weighted by molar-refractivity contribution is -0.479. The van der Waals surface area contributed by atoms with Crippen molar-refractivity contribution >= 4 is 11.8 Å². The molecule has 0 N–H and O–H groups in total. The molecule has 1 heterocycles. The number of hydrogen-bond donors (Lipinski definition) is 0. The Bertz CT molecular complexity index is 868. The van der Waals surface area contributed by atoms with Crippen LogP contribution >= 0.6 is 11.8 Å². The van der Waals surface area contributed by atoms with Crippen molar-refractivity contribution in [2.45, 2.75) is 17.3 Å². The molecule has 6 nitrogen and oxygen atoms in total. The number of nitro groups is 1. The van der Waals surface area contributed by atoms with Crippen LogP contribution in [0.3, 0.4) is 0 Å². The van der Waals surface area contributed by atoms with E-state index in [1.165, 1.54) is 23.9 Å². The number of aryl methyl sites for hydroxylation is 1. The average molecular weight is 358 g/mol. The minimum absolute atomic E-state index is 0.295.